The van der Waals surface area contributed by atoms with E-state index >= 15 is 0 Å². The number of anilines is 3. The molecule has 0 fully saturated rings. The van der Waals surface area contributed by atoms with Crippen LogP contribution in [0, 0.1) is 6.92 Å². The molecule has 0 amide bonds. The molecule has 2 aliphatic rings. The molecule has 66 heavy (non-hydrogen) atoms. The van der Waals surface area contributed by atoms with Crippen LogP contribution in [0.5, 0.6) is 0 Å². The quantitative estimate of drug-likeness (QED) is 0.0250. The predicted octanol–water partition coefficient (Wildman–Crippen LogP) is 10.3. The number of rotatable bonds is 21. The monoisotopic (exact) mass is 980 g/mol. The maximum Gasteiger partial charge on any atom is 0.416 e. The lowest BCUT2D eigenvalue weighted by Gasteiger charge is -2.28. The summed E-state index contributed by atoms with van der Waals surface area (Å²) in [5.74, 6) is 0.985. The number of hydrogen-bond acceptors (Lipinski definition) is 12. The molecule has 0 unspecified atom stereocenters. The first-order valence-corrected chi connectivity index (χ1v) is 25.4. The number of quaternary nitrogens is 1. The van der Waals surface area contributed by atoms with Crippen LogP contribution in [-0.4, -0.2) is 37.7 Å². The molecule has 2 heterocycles. The van der Waals surface area contributed by atoms with Crippen LogP contribution in [0.2, 0.25) is 0 Å². The van der Waals surface area contributed by atoms with Crippen LogP contribution in [0.1, 0.15) is 62.6 Å². The number of benzene rings is 4. The third kappa shape index (κ3) is 13.8. The zero-order valence-corrected chi connectivity index (χ0v) is 40.6. The Balaban J connectivity index is 0.000000952. The second-order valence-electron chi connectivity index (χ2n) is 15.3. The number of halogens is 3. The van der Waals surface area contributed by atoms with Crippen LogP contribution in [-0.2, 0) is 31.5 Å². The number of aromatic nitrogens is 1. The Labute approximate surface area is 402 Å². The summed E-state index contributed by atoms with van der Waals surface area (Å²) in [6.45, 7) is 13.7. The van der Waals surface area contributed by atoms with Crippen molar-refractivity contribution in [3.63, 3.8) is 0 Å². The van der Waals surface area contributed by atoms with E-state index in [1.807, 2.05) is 47.0 Å². The van der Waals surface area contributed by atoms with Gasteiger partial charge in [-0.1, -0.05) is 71.6 Å². The highest BCUT2D eigenvalue weighted by molar-refractivity contribution is 8.03. The fourth-order valence-electron chi connectivity index (χ4n) is 7.85. The van der Waals surface area contributed by atoms with E-state index in [0.717, 1.165) is 109 Å². The van der Waals surface area contributed by atoms with Crippen molar-refractivity contribution in [2.24, 2.45) is 0 Å². The van der Waals surface area contributed by atoms with Gasteiger partial charge >= 0.3 is 6.18 Å². The van der Waals surface area contributed by atoms with Gasteiger partial charge in [-0.2, -0.15) is 26.4 Å². The molecule has 10 nitrogen and oxygen atoms in total. The van der Waals surface area contributed by atoms with Gasteiger partial charge in [-0.25, -0.2) is 0 Å². The van der Waals surface area contributed by atoms with Gasteiger partial charge in [0, 0.05) is 77.0 Å². The molecular formula is C49H55F3N4O6S4. The van der Waals surface area contributed by atoms with Gasteiger partial charge < -0.3 is 25.2 Å². The molecule has 0 saturated carbocycles. The highest BCUT2D eigenvalue weighted by Crippen LogP contribution is 2.47. The fourth-order valence-corrected chi connectivity index (χ4v) is 10.7. The first-order chi connectivity index (χ1) is 32.1. The summed E-state index contributed by atoms with van der Waals surface area (Å²) in [4.78, 5) is 7.42. The van der Waals surface area contributed by atoms with E-state index in [0.29, 0.717) is 36.5 Å². The molecule has 17 heteroatoms. The molecule has 352 valence electrons. The Hall–Kier alpha value is -4.11. The van der Waals surface area contributed by atoms with E-state index < -0.39 is 11.7 Å². The van der Waals surface area contributed by atoms with Crippen molar-refractivity contribution < 1.29 is 51.9 Å². The number of aryl methyl sites for hydroxylation is 2. The SMILES string of the molecule is CC[NH+](CC)CC.Cc1ccc2c(c1)N(CCCSOO[O-])/C(=C/C=C1CCC(/C=C/c3sc4ccc(C(F)(F)F)cc4[n+]3CCCSOO[O-])=C1N(c1ccccc1)c1ccccc1)S2. The van der Waals surface area contributed by atoms with Crippen molar-refractivity contribution in [1.29, 1.82) is 0 Å². The summed E-state index contributed by atoms with van der Waals surface area (Å²) < 4.78 is 53.2. The third-order valence-electron chi connectivity index (χ3n) is 11.2. The highest BCUT2D eigenvalue weighted by atomic mass is 32.2. The minimum atomic E-state index is -4.49. The van der Waals surface area contributed by atoms with Gasteiger partial charge in [-0.05, 0) is 124 Å². The van der Waals surface area contributed by atoms with Crippen molar-refractivity contribution in [2.75, 3.05) is 47.5 Å². The average Bonchev–Trinajstić information content (AvgIpc) is 4.00. The van der Waals surface area contributed by atoms with Crippen molar-refractivity contribution in [3.05, 3.63) is 153 Å². The maximum atomic E-state index is 13.9. The van der Waals surface area contributed by atoms with Crippen LogP contribution in [0.4, 0.5) is 30.2 Å². The second kappa shape index (κ2) is 25.9. The molecule has 4 aromatic carbocycles. The number of thioether (sulfide) groups is 1. The van der Waals surface area contributed by atoms with Gasteiger partial charge in [-0.15, -0.1) is 0 Å². The summed E-state index contributed by atoms with van der Waals surface area (Å²) in [6.07, 6.45) is 6.76. The van der Waals surface area contributed by atoms with E-state index in [1.165, 1.54) is 43.1 Å². The van der Waals surface area contributed by atoms with E-state index in [-0.39, 0.29) is 0 Å². The fraction of sp³-hybridized carbons (Fsp3) is 0.327. The molecule has 1 aliphatic heterocycles. The normalized spacial score (nSPS) is 15.2. The average molecular weight is 981 g/mol. The molecule has 1 N–H and O–H groups in total. The largest absolute Gasteiger partial charge is 0.691 e. The van der Waals surface area contributed by atoms with Gasteiger partial charge in [-0.3, -0.25) is 10.1 Å². The topological polar surface area (TPSA) is 97.8 Å². The second-order valence-corrected chi connectivity index (χ2v) is 19.0. The molecule has 1 aromatic heterocycles. The Bertz CT molecular complexity index is 2400. The molecule has 1 aliphatic carbocycles. The molecule has 5 aromatic rings. The van der Waals surface area contributed by atoms with E-state index in [4.69, 9.17) is 0 Å². The number of thiazole rings is 1. The minimum Gasteiger partial charge on any atom is -0.691 e. The smallest absolute Gasteiger partial charge is 0.416 e. The first kappa shape index (κ1) is 51.3. The lowest BCUT2D eigenvalue weighted by Crippen LogP contribution is -3.11. The standard InChI is InChI=1S/C43H40F3N3O6S4.C6H15N/c1-30-14-20-38-36(28-30)47(24-8-26-56-54-52-50)40(58-38)22-17-31-15-16-32(42(31)49(34-10-4-2-5-11-34)35-12-6-3-7-13-35)18-23-41-48(25-9-27-57-55-53-51)37-29-33(43(44,45)46)19-21-39(37)59-41;1-4-7(5-2)6-3/h2-7,10-14,17-23,28-29H,8-9,15-16,24-27H2,1H3,(H-,50,51);4-6H2,1-3H3. The molecule has 0 bridgehead atoms. The number of para-hydroxylation sites is 2. The van der Waals surface area contributed by atoms with Gasteiger partial charge in [0.1, 0.15) is 4.70 Å². The lowest BCUT2D eigenvalue weighted by molar-refractivity contribution is -0.894. The molecule has 0 saturated heterocycles. The van der Waals surface area contributed by atoms with E-state index in [1.54, 1.807) is 16.7 Å². The lowest BCUT2D eigenvalue weighted by atomic mass is 10.1. The Morgan fingerprint density at radius 1 is 0.803 bits per heavy atom. The third-order valence-corrected chi connectivity index (χ3v) is 14.7. The summed E-state index contributed by atoms with van der Waals surface area (Å²) in [5, 5.41) is 29.5. The van der Waals surface area contributed by atoms with Crippen LogP contribution in [0.3, 0.4) is 0 Å². The number of nitrogens with zero attached hydrogens (tertiary/aromatic N) is 3. The molecule has 0 spiro atoms. The Morgan fingerprint density at radius 3 is 2.06 bits per heavy atom. The number of allylic oxidation sites excluding steroid dienone is 5. The van der Waals surface area contributed by atoms with Crippen molar-refractivity contribution in [1.82, 2.24) is 0 Å². The van der Waals surface area contributed by atoms with Gasteiger partial charge in [0.2, 0.25) is 5.52 Å². The maximum absolute atomic E-state index is 13.9. The number of alkyl halides is 3. The summed E-state index contributed by atoms with van der Waals surface area (Å²) in [6, 6.07) is 30.7. The van der Waals surface area contributed by atoms with Crippen LogP contribution < -0.4 is 29.8 Å². The Kier molecular flexibility index (Phi) is 20.1. The van der Waals surface area contributed by atoms with Crippen molar-refractivity contribution in [2.45, 2.75) is 71.0 Å². The molecular weight excluding hydrogens is 926 g/mol. The number of nitrogens with one attached hydrogen (secondary N) is 1. The van der Waals surface area contributed by atoms with Gasteiger partial charge in [0.15, 0.2) is 6.54 Å². The van der Waals surface area contributed by atoms with Crippen molar-refractivity contribution in [3.8, 4) is 0 Å². The first-order valence-electron chi connectivity index (χ1n) is 21.9. The summed E-state index contributed by atoms with van der Waals surface area (Å²) in [7, 11) is 0. The zero-order chi connectivity index (χ0) is 46.9. The van der Waals surface area contributed by atoms with Crippen LogP contribution >= 0.6 is 47.2 Å². The summed E-state index contributed by atoms with van der Waals surface area (Å²) >= 11 is 4.98. The minimum absolute atomic E-state index is 0.398. The highest BCUT2D eigenvalue weighted by Gasteiger charge is 2.33. The molecule has 0 radical (unpaired) electrons. The van der Waals surface area contributed by atoms with Crippen LogP contribution in [0.25, 0.3) is 16.3 Å². The van der Waals surface area contributed by atoms with Gasteiger partial charge in [0.05, 0.1) is 41.6 Å². The van der Waals surface area contributed by atoms with Gasteiger partial charge in [0.25, 0.3) is 5.01 Å². The predicted molar refractivity (Wildman–Crippen MR) is 259 cm³/mol. The number of fused-ring (bicyclic) bond motifs is 2. The Morgan fingerprint density at radius 2 is 1.45 bits per heavy atom. The molecule has 0 atom stereocenters. The van der Waals surface area contributed by atoms with Crippen LogP contribution in [0.15, 0.2) is 142 Å². The zero-order valence-electron chi connectivity index (χ0n) is 37.4. The van der Waals surface area contributed by atoms with E-state index in [9.17, 15) is 23.7 Å². The van der Waals surface area contributed by atoms with E-state index in [2.05, 4.69) is 117 Å². The number of hydrogen-bond donors (Lipinski definition) is 1. The molecule has 7 rings (SSSR count). The van der Waals surface area contributed by atoms with Crippen molar-refractivity contribution >= 4 is 80.5 Å². The summed E-state index contributed by atoms with van der Waals surface area (Å²) in [5.41, 5.74) is 7.27.